The van der Waals surface area contributed by atoms with Crippen LogP contribution in [0.1, 0.15) is 15.9 Å². The van der Waals surface area contributed by atoms with Gasteiger partial charge in [0.1, 0.15) is 0 Å². The van der Waals surface area contributed by atoms with Gasteiger partial charge < -0.3 is 4.90 Å². The summed E-state index contributed by atoms with van der Waals surface area (Å²) < 4.78 is 25.5. The number of hydrogen-bond acceptors (Lipinski definition) is 3. The van der Waals surface area contributed by atoms with Crippen molar-refractivity contribution in [3.05, 3.63) is 29.3 Å². The topological polar surface area (TPSA) is 66.5 Å². The molecule has 0 heterocycles. The molecule has 0 fully saturated rings. The summed E-state index contributed by atoms with van der Waals surface area (Å²) in [7, 11) is 1.07. The van der Waals surface area contributed by atoms with E-state index < -0.39 is 10.0 Å². The molecule has 6 heteroatoms. The fourth-order valence-corrected chi connectivity index (χ4v) is 2.11. The van der Waals surface area contributed by atoms with E-state index in [1.54, 1.807) is 27.1 Å². The molecule has 0 aliphatic carbocycles. The normalized spacial score (nSPS) is 11.3. The largest absolute Gasteiger partial charge is 0.345 e. The number of aryl methyl sites for hydroxylation is 1. The Labute approximate surface area is 101 Å². The van der Waals surface area contributed by atoms with Gasteiger partial charge in [-0.15, -0.1) is 0 Å². The quantitative estimate of drug-likeness (QED) is 0.861. The third kappa shape index (κ3) is 2.83. The average Bonchev–Trinajstić information content (AvgIpc) is 2.28. The number of benzene rings is 1. The Morgan fingerprint density at radius 1 is 1.29 bits per heavy atom. The monoisotopic (exact) mass is 256 g/mol. The van der Waals surface area contributed by atoms with E-state index in [0.29, 0.717) is 5.56 Å². The molecule has 17 heavy (non-hydrogen) atoms. The van der Waals surface area contributed by atoms with Crippen LogP contribution >= 0.6 is 0 Å². The second-order valence-corrected chi connectivity index (χ2v) is 5.77. The van der Waals surface area contributed by atoms with Crippen LogP contribution in [0.15, 0.2) is 23.1 Å². The highest BCUT2D eigenvalue weighted by atomic mass is 32.2. The van der Waals surface area contributed by atoms with Crippen LogP contribution in [0.5, 0.6) is 0 Å². The lowest BCUT2D eigenvalue weighted by atomic mass is 10.1. The Morgan fingerprint density at radius 3 is 2.35 bits per heavy atom. The van der Waals surface area contributed by atoms with Gasteiger partial charge >= 0.3 is 0 Å². The molecule has 0 aliphatic heterocycles. The zero-order chi connectivity index (χ0) is 13.2. The smallest absolute Gasteiger partial charge is 0.253 e. The molecule has 1 rings (SSSR count). The van der Waals surface area contributed by atoms with Crippen LogP contribution in [0.4, 0.5) is 0 Å². The Balaban J connectivity index is 3.35. The molecule has 0 aliphatic rings. The molecule has 0 saturated heterocycles. The predicted molar refractivity (Wildman–Crippen MR) is 65.4 cm³/mol. The van der Waals surface area contributed by atoms with Gasteiger partial charge in [-0.1, -0.05) is 6.07 Å². The van der Waals surface area contributed by atoms with Crippen molar-refractivity contribution in [1.82, 2.24) is 9.62 Å². The molecule has 0 spiro atoms. The maximum Gasteiger partial charge on any atom is 0.253 e. The second kappa shape index (κ2) is 4.85. The molecule has 0 radical (unpaired) electrons. The van der Waals surface area contributed by atoms with Gasteiger partial charge in [0, 0.05) is 19.7 Å². The Kier molecular flexibility index (Phi) is 3.90. The molecule has 0 aromatic heterocycles. The van der Waals surface area contributed by atoms with Gasteiger partial charge in [-0.25, -0.2) is 13.1 Å². The zero-order valence-corrected chi connectivity index (χ0v) is 11.1. The summed E-state index contributed by atoms with van der Waals surface area (Å²) in [6, 6.07) is 4.50. The SMILES string of the molecule is CNS(=O)(=O)c1ccc(C)c(C(=O)N(C)C)c1. The average molecular weight is 256 g/mol. The highest BCUT2D eigenvalue weighted by Crippen LogP contribution is 2.16. The summed E-state index contributed by atoms with van der Waals surface area (Å²) in [4.78, 5) is 13.4. The Bertz CT molecular complexity index is 536. The first-order valence-electron chi connectivity index (χ1n) is 5.05. The second-order valence-electron chi connectivity index (χ2n) is 3.88. The fraction of sp³-hybridized carbons (Fsp3) is 0.364. The lowest BCUT2D eigenvalue weighted by Gasteiger charge is -2.13. The minimum absolute atomic E-state index is 0.0933. The summed E-state index contributed by atoms with van der Waals surface area (Å²) in [6.45, 7) is 1.77. The summed E-state index contributed by atoms with van der Waals surface area (Å²) in [5, 5.41) is 0. The summed E-state index contributed by atoms with van der Waals surface area (Å²) in [5.74, 6) is -0.212. The molecule has 5 nitrogen and oxygen atoms in total. The predicted octanol–water partition coefficient (Wildman–Crippen LogP) is 0.605. The van der Waals surface area contributed by atoms with Gasteiger partial charge in [0.25, 0.3) is 5.91 Å². The van der Waals surface area contributed by atoms with Gasteiger partial charge in [-0.2, -0.15) is 0 Å². The van der Waals surface area contributed by atoms with E-state index in [1.165, 1.54) is 24.1 Å². The first-order valence-corrected chi connectivity index (χ1v) is 6.53. The van der Waals surface area contributed by atoms with E-state index in [4.69, 9.17) is 0 Å². The molecule has 0 atom stereocenters. The van der Waals surface area contributed by atoms with Crippen molar-refractivity contribution in [2.45, 2.75) is 11.8 Å². The summed E-state index contributed by atoms with van der Waals surface area (Å²) in [5.41, 5.74) is 1.14. The third-order valence-corrected chi connectivity index (χ3v) is 3.84. The molecule has 1 N–H and O–H groups in total. The number of rotatable bonds is 3. The van der Waals surface area contributed by atoms with Crippen LogP contribution in [0.25, 0.3) is 0 Å². The van der Waals surface area contributed by atoms with E-state index in [-0.39, 0.29) is 10.8 Å². The van der Waals surface area contributed by atoms with Crippen molar-refractivity contribution in [2.75, 3.05) is 21.1 Å². The summed E-state index contributed by atoms with van der Waals surface area (Å²) in [6.07, 6.45) is 0. The van der Waals surface area contributed by atoms with Crippen LogP contribution in [-0.4, -0.2) is 40.4 Å². The van der Waals surface area contributed by atoms with Crippen molar-refractivity contribution < 1.29 is 13.2 Å². The van der Waals surface area contributed by atoms with Crippen molar-refractivity contribution in [2.24, 2.45) is 0 Å². The molecule has 0 unspecified atom stereocenters. The minimum atomic E-state index is -3.52. The number of nitrogens with one attached hydrogen (secondary N) is 1. The van der Waals surface area contributed by atoms with Crippen LogP contribution in [0, 0.1) is 6.92 Å². The van der Waals surface area contributed by atoms with Gasteiger partial charge in [-0.05, 0) is 31.7 Å². The van der Waals surface area contributed by atoms with Crippen LogP contribution in [-0.2, 0) is 10.0 Å². The highest BCUT2D eigenvalue weighted by Gasteiger charge is 2.17. The number of amides is 1. The van der Waals surface area contributed by atoms with Crippen molar-refractivity contribution >= 4 is 15.9 Å². The number of carbonyl (C=O) groups is 1. The number of sulfonamides is 1. The molecular weight excluding hydrogens is 240 g/mol. The van der Waals surface area contributed by atoms with Crippen LogP contribution in [0.2, 0.25) is 0 Å². The molecule has 0 saturated carbocycles. The van der Waals surface area contributed by atoms with E-state index in [9.17, 15) is 13.2 Å². The minimum Gasteiger partial charge on any atom is -0.345 e. The van der Waals surface area contributed by atoms with Crippen LogP contribution in [0.3, 0.4) is 0 Å². The Morgan fingerprint density at radius 2 is 1.88 bits per heavy atom. The third-order valence-electron chi connectivity index (χ3n) is 2.42. The van der Waals surface area contributed by atoms with E-state index >= 15 is 0 Å². The first-order chi connectivity index (χ1) is 7.79. The lowest BCUT2D eigenvalue weighted by molar-refractivity contribution is 0.0826. The van der Waals surface area contributed by atoms with Crippen molar-refractivity contribution in [3.63, 3.8) is 0 Å². The maximum absolute atomic E-state index is 11.8. The molecule has 94 valence electrons. The maximum atomic E-state index is 11.8. The molecule has 1 aromatic rings. The molecule has 1 aromatic carbocycles. The molecule has 0 bridgehead atoms. The standard InChI is InChI=1S/C11H16N2O3S/c1-8-5-6-9(17(15,16)12-2)7-10(8)11(14)13(3)4/h5-7,12H,1-4H3. The highest BCUT2D eigenvalue weighted by molar-refractivity contribution is 7.89. The number of nitrogens with zero attached hydrogens (tertiary/aromatic N) is 1. The lowest BCUT2D eigenvalue weighted by Crippen LogP contribution is -2.24. The molecular formula is C11H16N2O3S. The van der Waals surface area contributed by atoms with Crippen molar-refractivity contribution in [1.29, 1.82) is 0 Å². The van der Waals surface area contributed by atoms with Gasteiger partial charge in [0.2, 0.25) is 10.0 Å². The Hall–Kier alpha value is -1.40. The molecule has 1 amide bonds. The zero-order valence-electron chi connectivity index (χ0n) is 10.3. The van der Waals surface area contributed by atoms with Gasteiger partial charge in [0.15, 0.2) is 0 Å². The fourth-order valence-electron chi connectivity index (χ4n) is 1.36. The van der Waals surface area contributed by atoms with Gasteiger partial charge in [0.05, 0.1) is 4.90 Å². The summed E-state index contributed by atoms with van der Waals surface area (Å²) >= 11 is 0. The van der Waals surface area contributed by atoms with Crippen LogP contribution < -0.4 is 4.72 Å². The van der Waals surface area contributed by atoms with E-state index in [2.05, 4.69) is 4.72 Å². The van der Waals surface area contributed by atoms with Crippen molar-refractivity contribution in [3.8, 4) is 0 Å². The van der Waals surface area contributed by atoms with E-state index in [0.717, 1.165) is 5.56 Å². The van der Waals surface area contributed by atoms with E-state index in [1.807, 2.05) is 0 Å². The number of hydrogen-bond donors (Lipinski definition) is 1. The van der Waals surface area contributed by atoms with Gasteiger partial charge in [-0.3, -0.25) is 4.79 Å². The first kappa shape index (κ1) is 13.7. The number of carbonyl (C=O) groups excluding carboxylic acids is 1.